The summed E-state index contributed by atoms with van der Waals surface area (Å²) in [7, 11) is 0. The van der Waals surface area contributed by atoms with E-state index in [1.807, 2.05) is 30.3 Å². The zero-order valence-corrected chi connectivity index (χ0v) is 9.93. The zero-order chi connectivity index (χ0) is 11.7. The molecule has 2 aliphatic heterocycles. The van der Waals surface area contributed by atoms with Crippen LogP contribution in [0.2, 0.25) is 0 Å². The Kier molecular flexibility index (Phi) is 2.85. The van der Waals surface area contributed by atoms with E-state index in [1.54, 1.807) is 0 Å². The Hall–Kier alpha value is -1.35. The van der Waals surface area contributed by atoms with Gasteiger partial charge in [-0.15, -0.1) is 0 Å². The summed E-state index contributed by atoms with van der Waals surface area (Å²) >= 11 is 0. The van der Waals surface area contributed by atoms with E-state index in [2.05, 4.69) is 10.2 Å². The Labute approximate surface area is 102 Å². The number of nitrogens with one attached hydrogen (secondary N) is 1. The van der Waals surface area contributed by atoms with Crippen LogP contribution in [0.1, 0.15) is 29.6 Å². The second kappa shape index (κ2) is 4.49. The Morgan fingerprint density at radius 2 is 1.88 bits per heavy atom. The average molecular weight is 230 g/mol. The number of rotatable bonds is 1. The molecule has 2 aliphatic rings. The standard InChI is InChI=1S/C14H18N2O/c17-14(11-4-2-1-3-5-11)16-12-6-7-13(16)10-15-9-8-12/h1-5,12-13,15H,6-10H2. The number of benzene rings is 1. The van der Waals surface area contributed by atoms with Crippen LogP contribution >= 0.6 is 0 Å². The van der Waals surface area contributed by atoms with Crippen molar-refractivity contribution in [1.82, 2.24) is 10.2 Å². The van der Waals surface area contributed by atoms with Crippen LogP contribution in [0.4, 0.5) is 0 Å². The van der Waals surface area contributed by atoms with E-state index in [-0.39, 0.29) is 5.91 Å². The number of carbonyl (C=O) groups is 1. The number of hydrogen-bond acceptors (Lipinski definition) is 2. The highest BCUT2D eigenvalue weighted by Crippen LogP contribution is 2.29. The van der Waals surface area contributed by atoms with Gasteiger partial charge < -0.3 is 10.2 Å². The van der Waals surface area contributed by atoms with Crippen LogP contribution < -0.4 is 5.32 Å². The van der Waals surface area contributed by atoms with Gasteiger partial charge in [-0.3, -0.25) is 4.79 Å². The van der Waals surface area contributed by atoms with Gasteiger partial charge in [0.25, 0.3) is 5.91 Å². The third-order valence-electron chi connectivity index (χ3n) is 3.91. The molecule has 0 radical (unpaired) electrons. The Morgan fingerprint density at radius 1 is 1.12 bits per heavy atom. The summed E-state index contributed by atoms with van der Waals surface area (Å²) in [6.45, 7) is 1.99. The molecular formula is C14H18N2O. The van der Waals surface area contributed by atoms with Crippen molar-refractivity contribution in [1.29, 1.82) is 0 Å². The summed E-state index contributed by atoms with van der Waals surface area (Å²) < 4.78 is 0. The highest BCUT2D eigenvalue weighted by atomic mass is 16.2. The van der Waals surface area contributed by atoms with E-state index in [9.17, 15) is 4.79 Å². The summed E-state index contributed by atoms with van der Waals surface area (Å²) in [4.78, 5) is 14.6. The van der Waals surface area contributed by atoms with Gasteiger partial charge in [-0.2, -0.15) is 0 Å². The number of hydrogen-bond donors (Lipinski definition) is 1. The fourth-order valence-electron chi connectivity index (χ4n) is 3.04. The molecule has 2 unspecified atom stereocenters. The van der Waals surface area contributed by atoms with Crippen LogP contribution in [0.15, 0.2) is 30.3 Å². The molecule has 2 heterocycles. The van der Waals surface area contributed by atoms with E-state index in [0.717, 1.165) is 31.5 Å². The molecule has 90 valence electrons. The van der Waals surface area contributed by atoms with E-state index >= 15 is 0 Å². The molecule has 2 fully saturated rings. The minimum atomic E-state index is 0.210. The van der Waals surface area contributed by atoms with E-state index in [1.165, 1.54) is 6.42 Å². The first-order chi connectivity index (χ1) is 8.36. The van der Waals surface area contributed by atoms with Crippen molar-refractivity contribution in [2.45, 2.75) is 31.3 Å². The van der Waals surface area contributed by atoms with Crippen molar-refractivity contribution in [2.75, 3.05) is 13.1 Å². The first-order valence-corrected chi connectivity index (χ1v) is 6.44. The van der Waals surface area contributed by atoms with Crippen molar-refractivity contribution in [2.24, 2.45) is 0 Å². The number of nitrogens with zero attached hydrogens (tertiary/aromatic N) is 1. The molecule has 0 aliphatic carbocycles. The fourth-order valence-corrected chi connectivity index (χ4v) is 3.04. The minimum absolute atomic E-state index is 0.210. The summed E-state index contributed by atoms with van der Waals surface area (Å²) in [6.07, 6.45) is 3.41. The van der Waals surface area contributed by atoms with Crippen molar-refractivity contribution in [3.63, 3.8) is 0 Å². The third-order valence-corrected chi connectivity index (χ3v) is 3.91. The second-order valence-corrected chi connectivity index (χ2v) is 4.96. The van der Waals surface area contributed by atoms with E-state index in [4.69, 9.17) is 0 Å². The maximum atomic E-state index is 12.5. The quantitative estimate of drug-likeness (QED) is 0.795. The lowest BCUT2D eigenvalue weighted by atomic mass is 10.1. The lowest BCUT2D eigenvalue weighted by Crippen LogP contribution is -2.42. The molecule has 3 nitrogen and oxygen atoms in total. The van der Waals surface area contributed by atoms with Crippen LogP contribution in [-0.2, 0) is 0 Å². The Balaban J connectivity index is 1.86. The molecule has 1 aromatic rings. The molecule has 17 heavy (non-hydrogen) atoms. The smallest absolute Gasteiger partial charge is 0.254 e. The van der Waals surface area contributed by atoms with Crippen molar-refractivity contribution >= 4 is 5.91 Å². The van der Waals surface area contributed by atoms with Crippen LogP contribution in [0, 0.1) is 0 Å². The van der Waals surface area contributed by atoms with Crippen LogP contribution in [-0.4, -0.2) is 36.0 Å². The van der Waals surface area contributed by atoms with Gasteiger partial charge in [-0.1, -0.05) is 18.2 Å². The molecule has 3 heteroatoms. The summed E-state index contributed by atoms with van der Waals surface area (Å²) in [5.74, 6) is 0.210. The molecule has 1 amide bonds. The molecule has 2 atom stereocenters. The van der Waals surface area contributed by atoms with Gasteiger partial charge in [0.1, 0.15) is 0 Å². The lowest BCUT2D eigenvalue weighted by Gasteiger charge is -2.27. The van der Waals surface area contributed by atoms with Gasteiger partial charge in [0.2, 0.25) is 0 Å². The minimum Gasteiger partial charge on any atom is -0.331 e. The van der Waals surface area contributed by atoms with Crippen LogP contribution in [0.3, 0.4) is 0 Å². The first kappa shape index (κ1) is 10.8. The molecule has 0 saturated carbocycles. The molecule has 0 aromatic heterocycles. The molecule has 1 aromatic carbocycles. The normalized spacial score (nSPS) is 27.9. The topological polar surface area (TPSA) is 32.3 Å². The largest absolute Gasteiger partial charge is 0.331 e. The van der Waals surface area contributed by atoms with E-state index < -0.39 is 0 Å². The monoisotopic (exact) mass is 230 g/mol. The molecule has 2 bridgehead atoms. The highest BCUT2D eigenvalue weighted by Gasteiger charge is 2.38. The van der Waals surface area contributed by atoms with Crippen LogP contribution in [0.25, 0.3) is 0 Å². The van der Waals surface area contributed by atoms with Crippen molar-refractivity contribution < 1.29 is 4.79 Å². The molecule has 1 N–H and O–H groups in total. The Morgan fingerprint density at radius 3 is 2.71 bits per heavy atom. The Bertz CT molecular complexity index is 390. The summed E-state index contributed by atoms with van der Waals surface area (Å²) in [6, 6.07) is 10.5. The van der Waals surface area contributed by atoms with Gasteiger partial charge in [0, 0.05) is 24.2 Å². The van der Waals surface area contributed by atoms with Crippen molar-refractivity contribution in [3.8, 4) is 0 Å². The van der Waals surface area contributed by atoms with Crippen LogP contribution in [0.5, 0.6) is 0 Å². The molecular weight excluding hydrogens is 212 g/mol. The predicted octanol–water partition coefficient (Wildman–Crippen LogP) is 1.65. The average Bonchev–Trinajstić information content (AvgIpc) is 2.63. The van der Waals surface area contributed by atoms with Gasteiger partial charge in [0.05, 0.1) is 0 Å². The maximum Gasteiger partial charge on any atom is 0.254 e. The van der Waals surface area contributed by atoms with Gasteiger partial charge in [-0.25, -0.2) is 0 Å². The highest BCUT2D eigenvalue weighted by molar-refractivity contribution is 5.94. The van der Waals surface area contributed by atoms with Crippen molar-refractivity contribution in [3.05, 3.63) is 35.9 Å². The molecule has 2 saturated heterocycles. The number of amides is 1. The molecule has 3 rings (SSSR count). The predicted molar refractivity (Wildman–Crippen MR) is 66.9 cm³/mol. The second-order valence-electron chi connectivity index (χ2n) is 4.96. The lowest BCUT2D eigenvalue weighted by molar-refractivity contribution is 0.0680. The zero-order valence-electron chi connectivity index (χ0n) is 9.93. The maximum absolute atomic E-state index is 12.5. The number of fused-ring (bicyclic) bond motifs is 2. The summed E-state index contributed by atoms with van der Waals surface area (Å²) in [5.41, 5.74) is 0.825. The van der Waals surface area contributed by atoms with Gasteiger partial charge >= 0.3 is 0 Å². The van der Waals surface area contributed by atoms with Gasteiger partial charge in [0.15, 0.2) is 0 Å². The third kappa shape index (κ3) is 1.95. The van der Waals surface area contributed by atoms with E-state index in [0.29, 0.717) is 12.1 Å². The first-order valence-electron chi connectivity index (χ1n) is 6.44. The molecule has 0 spiro atoms. The number of carbonyl (C=O) groups excluding carboxylic acids is 1. The summed E-state index contributed by atoms with van der Waals surface area (Å²) in [5, 5.41) is 3.42. The van der Waals surface area contributed by atoms with Gasteiger partial charge in [-0.05, 0) is 37.9 Å². The SMILES string of the molecule is O=C(c1ccccc1)N1C2CCNCC1CC2. The fraction of sp³-hybridized carbons (Fsp3) is 0.500.